The lowest BCUT2D eigenvalue weighted by atomic mass is 10.6. The number of hydrogen-bond donors (Lipinski definition) is 0. The minimum Gasteiger partial charge on any atom is -0.366 e. The fourth-order valence-corrected chi connectivity index (χ4v) is 1.37. The van der Waals surface area contributed by atoms with Crippen LogP contribution in [0.3, 0.4) is 0 Å². The zero-order chi connectivity index (χ0) is 8.27. The summed E-state index contributed by atoms with van der Waals surface area (Å²) in [6.07, 6.45) is 0. The van der Waals surface area contributed by atoms with Crippen LogP contribution >= 0.6 is 11.8 Å². The highest BCUT2D eigenvalue weighted by Gasteiger charge is 2.05. The Bertz CT molecular complexity index is 196. The van der Waals surface area contributed by atoms with E-state index in [1.165, 1.54) is 0 Å². The van der Waals surface area contributed by atoms with Crippen molar-refractivity contribution in [2.24, 2.45) is 9.98 Å². The van der Waals surface area contributed by atoms with E-state index in [9.17, 15) is 0 Å². The van der Waals surface area contributed by atoms with E-state index in [0.717, 1.165) is 23.3 Å². The fraction of sp³-hybridized carbons (Fsp3) is 0.714. The molecule has 11 heavy (non-hydrogen) atoms. The molecule has 1 heterocycles. The molecule has 62 valence electrons. The second-order valence-electron chi connectivity index (χ2n) is 2.57. The molecule has 0 radical (unpaired) electrons. The first-order valence-electron chi connectivity index (χ1n) is 3.60. The van der Waals surface area contributed by atoms with Crippen molar-refractivity contribution >= 4 is 22.8 Å². The zero-order valence-electron chi connectivity index (χ0n) is 7.16. The van der Waals surface area contributed by atoms with Crippen LogP contribution in [0.1, 0.15) is 6.92 Å². The maximum absolute atomic E-state index is 4.33. The first-order chi connectivity index (χ1) is 5.20. The molecule has 0 unspecified atom stereocenters. The standard InChI is InChI=1S/C7H13N3S/c1-6(10(2)3)9-7-8-4-5-11-7/h4-5H2,1-3H3/b9-6+. The van der Waals surface area contributed by atoms with Gasteiger partial charge in [0, 0.05) is 19.8 Å². The van der Waals surface area contributed by atoms with Crippen molar-refractivity contribution in [2.75, 3.05) is 26.4 Å². The minimum absolute atomic E-state index is 0.921. The number of nitrogens with zero attached hydrogens (tertiary/aromatic N) is 3. The van der Waals surface area contributed by atoms with E-state index < -0.39 is 0 Å². The van der Waals surface area contributed by atoms with Gasteiger partial charge in [-0.3, -0.25) is 4.99 Å². The lowest BCUT2D eigenvalue weighted by Crippen LogP contribution is -2.19. The van der Waals surface area contributed by atoms with Crippen LogP contribution in [0.5, 0.6) is 0 Å². The molecule has 0 aromatic carbocycles. The average Bonchev–Trinajstić information content (AvgIpc) is 2.39. The predicted molar refractivity (Wildman–Crippen MR) is 51.6 cm³/mol. The van der Waals surface area contributed by atoms with E-state index in [4.69, 9.17) is 0 Å². The molecule has 0 atom stereocenters. The Morgan fingerprint density at radius 2 is 2.36 bits per heavy atom. The van der Waals surface area contributed by atoms with E-state index >= 15 is 0 Å². The third kappa shape index (κ3) is 2.54. The second-order valence-corrected chi connectivity index (χ2v) is 3.63. The van der Waals surface area contributed by atoms with Crippen molar-refractivity contribution in [3.05, 3.63) is 0 Å². The number of rotatable bonds is 0. The van der Waals surface area contributed by atoms with Gasteiger partial charge in [0.15, 0.2) is 5.17 Å². The van der Waals surface area contributed by atoms with Gasteiger partial charge in [0.2, 0.25) is 0 Å². The summed E-state index contributed by atoms with van der Waals surface area (Å²) in [6, 6.07) is 0. The lowest BCUT2D eigenvalue weighted by Gasteiger charge is -2.09. The van der Waals surface area contributed by atoms with Crippen molar-refractivity contribution in [1.82, 2.24) is 4.90 Å². The third-order valence-corrected chi connectivity index (χ3v) is 2.34. The van der Waals surface area contributed by atoms with Crippen molar-refractivity contribution in [3.8, 4) is 0 Å². The molecule has 1 aliphatic heterocycles. The molecule has 0 amide bonds. The number of amidine groups is 2. The molecule has 1 aliphatic rings. The zero-order valence-corrected chi connectivity index (χ0v) is 7.98. The van der Waals surface area contributed by atoms with Crippen molar-refractivity contribution in [3.63, 3.8) is 0 Å². The van der Waals surface area contributed by atoms with Gasteiger partial charge in [-0.05, 0) is 6.92 Å². The van der Waals surface area contributed by atoms with Gasteiger partial charge in [-0.2, -0.15) is 0 Å². The fourth-order valence-electron chi connectivity index (χ4n) is 0.630. The highest BCUT2D eigenvalue weighted by molar-refractivity contribution is 8.14. The van der Waals surface area contributed by atoms with Gasteiger partial charge in [-0.25, -0.2) is 4.99 Å². The monoisotopic (exact) mass is 171 g/mol. The first-order valence-corrected chi connectivity index (χ1v) is 4.58. The summed E-state index contributed by atoms with van der Waals surface area (Å²) < 4.78 is 0. The lowest BCUT2D eigenvalue weighted by molar-refractivity contribution is 0.620. The summed E-state index contributed by atoms with van der Waals surface area (Å²) in [5, 5.41) is 0.927. The molecule has 1 rings (SSSR count). The largest absolute Gasteiger partial charge is 0.366 e. The van der Waals surface area contributed by atoms with Gasteiger partial charge >= 0.3 is 0 Å². The molecule has 3 nitrogen and oxygen atoms in total. The van der Waals surface area contributed by atoms with Crippen LogP contribution in [0.15, 0.2) is 9.98 Å². The number of hydrogen-bond acceptors (Lipinski definition) is 3. The summed E-state index contributed by atoms with van der Waals surface area (Å²) in [5.41, 5.74) is 0. The molecule has 0 saturated carbocycles. The summed E-state index contributed by atoms with van der Waals surface area (Å²) in [5.74, 6) is 2.10. The van der Waals surface area contributed by atoms with E-state index in [2.05, 4.69) is 9.98 Å². The Balaban J connectivity index is 2.56. The maximum atomic E-state index is 4.33. The highest BCUT2D eigenvalue weighted by Crippen LogP contribution is 2.12. The minimum atomic E-state index is 0.921. The van der Waals surface area contributed by atoms with Crippen LogP contribution in [-0.4, -0.2) is 42.3 Å². The summed E-state index contributed by atoms with van der Waals surface area (Å²) in [6.45, 7) is 2.91. The highest BCUT2D eigenvalue weighted by atomic mass is 32.2. The van der Waals surface area contributed by atoms with Crippen LogP contribution in [0.25, 0.3) is 0 Å². The Hall–Kier alpha value is -0.510. The molecule has 0 aromatic rings. The number of thioether (sulfide) groups is 1. The molecule has 0 N–H and O–H groups in total. The van der Waals surface area contributed by atoms with Gasteiger partial charge in [0.1, 0.15) is 5.84 Å². The molecule has 4 heteroatoms. The van der Waals surface area contributed by atoms with Crippen LogP contribution in [0.2, 0.25) is 0 Å². The molecular weight excluding hydrogens is 158 g/mol. The quantitative estimate of drug-likeness (QED) is 0.403. The Labute approximate surface area is 71.6 Å². The molecular formula is C7H13N3S. The van der Waals surface area contributed by atoms with E-state index in [0.29, 0.717) is 0 Å². The van der Waals surface area contributed by atoms with Crippen molar-refractivity contribution in [1.29, 1.82) is 0 Å². The van der Waals surface area contributed by atoms with Gasteiger partial charge in [0.25, 0.3) is 0 Å². The molecule has 0 saturated heterocycles. The van der Waals surface area contributed by atoms with Crippen LogP contribution in [0, 0.1) is 0 Å². The van der Waals surface area contributed by atoms with Gasteiger partial charge < -0.3 is 4.90 Å². The van der Waals surface area contributed by atoms with Crippen molar-refractivity contribution < 1.29 is 0 Å². The Morgan fingerprint density at radius 3 is 2.82 bits per heavy atom. The Morgan fingerprint density at radius 1 is 1.64 bits per heavy atom. The maximum Gasteiger partial charge on any atom is 0.184 e. The summed E-state index contributed by atoms with van der Waals surface area (Å²) >= 11 is 1.72. The molecule has 0 aromatic heterocycles. The Kier molecular flexibility index (Phi) is 2.93. The van der Waals surface area contributed by atoms with Crippen LogP contribution in [0.4, 0.5) is 0 Å². The molecule has 0 aliphatic carbocycles. The molecule has 0 bridgehead atoms. The topological polar surface area (TPSA) is 28.0 Å². The van der Waals surface area contributed by atoms with Crippen molar-refractivity contribution in [2.45, 2.75) is 6.92 Å². The average molecular weight is 171 g/mol. The molecule has 0 spiro atoms. The van der Waals surface area contributed by atoms with Gasteiger partial charge in [0.05, 0.1) is 6.54 Å². The predicted octanol–water partition coefficient (Wildman–Crippen LogP) is 1.07. The molecule has 0 fully saturated rings. The smallest absolute Gasteiger partial charge is 0.184 e. The first kappa shape index (κ1) is 8.59. The summed E-state index contributed by atoms with van der Waals surface area (Å²) in [4.78, 5) is 10.5. The normalized spacial score (nSPS) is 18.5. The van der Waals surface area contributed by atoms with E-state index in [-0.39, 0.29) is 0 Å². The number of aliphatic imine (C=N–C) groups is 2. The summed E-state index contributed by atoms with van der Waals surface area (Å²) in [7, 11) is 3.97. The van der Waals surface area contributed by atoms with Gasteiger partial charge in [-0.1, -0.05) is 11.8 Å². The third-order valence-electron chi connectivity index (χ3n) is 1.47. The van der Waals surface area contributed by atoms with E-state index in [1.54, 1.807) is 11.8 Å². The SMILES string of the molecule is C/C(=N\C1=NCCS1)N(C)C. The van der Waals surface area contributed by atoms with Crippen LogP contribution in [-0.2, 0) is 0 Å². The van der Waals surface area contributed by atoms with Crippen LogP contribution < -0.4 is 0 Å². The van der Waals surface area contributed by atoms with E-state index in [1.807, 2.05) is 25.9 Å². The van der Waals surface area contributed by atoms with Gasteiger partial charge in [-0.15, -0.1) is 0 Å². The second kappa shape index (κ2) is 3.76.